The summed E-state index contributed by atoms with van der Waals surface area (Å²) >= 11 is 0. The Morgan fingerprint density at radius 1 is 0.406 bits per heavy atom. The predicted octanol–water partition coefficient (Wildman–Crippen LogP) is 14.6. The van der Waals surface area contributed by atoms with E-state index < -0.39 is 0 Å². The third kappa shape index (κ3) is 5.77. The van der Waals surface area contributed by atoms with Gasteiger partial charge < -0.3 is 9.80 Å². The first kappa shape index (κ1) is 41.7. The van der Waals surface area contributed by atoms with Gasteiger partial charge in [-0.15, -0.1) is 0 Å². The van der Waals surface area contributed by atoms with Crippen LogP contribution in [0, 0.1) is 20.8 Å². The summed E-state index contributed by atoms with van der Waals surface area (Å²) in [5.74, 6) is 0. The van der Waals surface area contributed by atoms with E-state index in [1.54, 1.807) is 5.56 Å². The monoisotopic (exact) mass is 841 g/mol. The quantitative estimate of drug-likeness (QED) is 0.164. The van der Waals surface area contributed by atoms with Crippen molar-refractivity contribution in [2.45, 2.75) is 162 Å². The fourth-order valence-electron chi connectivity index (χ4n) is 14.5. The Morgan fingerprint density at radius 2 is 0.922 bits per heavy atom. The summed E-state index contributed by atoms with van der Waals surface area (Å²) in [4.78, 5) is 5.41. The molecule has 64 heavy (non-hydrogen) atoms. The number of anilines is 6. The number of benzene rings is 6. The number of hydrogen-bond donors (Lipinski definition) is 0. The van der Waals surface area contributed by atoms with Gasteiger partial charge in [-0.05, 0) is 193 Å². The van der Waals surface area contributed by atoms with Gasteiger partial charge in [-0.3, -0.25) is 0 Å². The molecule has 3 aliphatic carbocycles. The van der Waals surface area contributed by atoms with Crippen molar-refractivity contribution in [1.29, 1.82) is 0 Å². The van der Waals surface area contributed by atoms with Crippen molar-refractivity contribution in [3.05, 3.63) is 147 Å². The molecular formula is C61H69BN2. The molecule has 2 aliphatic heterocycles. The summed E-state index contributed by atoms with van der Waals surface area (Å²) in [5.41, 5.74) is 28.3. The van der Waals surface area contributed by atoms with Crippen LogP contribution in [0.25, 0.3) is 11.1 Å². The third-order valence-electron chi connectivity index (χ3n) is 17.2. The van der Waals surface area contributed by atoms with Crippen molar-refractivity contribution in [2.24, 2.45) is 0 Å². The minimum absolute atomic E-state index is 0.0509. The molecule has 2 nitrogen and oxygen atoms in total. The molecule has 0 aromatic heterocycles. The van der Waals surface area contributed by atoms with Crippen molar-refractivity contribution in [3.63, 3.8) is 0 Å². The Morgan fingerprint density at radius 3 is 1.55 bits per heavy atom. The Bertz CT molecular complexity index is 2990. The van der Waals surface area contributed by atoms with Gasteiger partial charge in [0.25, 0.3) is 6.71 Å². The Balaban J connectivity index is 1.26. The molecule has 0 radical (unpaired) electrons. The van der Waals surface area contributed by atoms with Crippen LogP contribution in [0.3, 0.4) is 0 Å². The normalized spacial score (nSPS) is 20.5. The molecule has 6 aromatic carbocycles. The maximum Gasteiger partial charge on any atom is 0.252 e. The number of nitrogens with zero attached hydrogens (tertiary/aromatic N) is 2. The molecule has 6 aromatic rings. The van der Waals surface area contributed by atoms with Crippen molar-refractivity contribution < 1.29 is 0 Å². The van der Waals surface area contributed by atoms with Crippen LogP contribution in [0.2, 0.25) is 0 Å². The second-order valence-electron chi connectivity index (χ2n) is 24.9. The fourth-order valence-corrected chi connectivity index (χ4v) is 14.5. The summed E-state index contributed by atoms with van der Waals surface area (Å²) in [7, 11) is 0. The van der Waals surface area contributed by atoms with Crippen molar-refractivity contribution >= 4 is 57.2 Å². The number of fused-ring (bicyclic) bond motifs is 7. The third-order valence-corrected chi connectivity index (χ3v) is 17.2. The van der Waals surface area contributed by atoms with E-state index in [1.807, 2.05) is 0 Å². The molecule has 0 unspecified atom stereocenters. The van der Waals surface area contributed by atoms with Crippen LogP contribution in [0.1, 0.15) is 159 Å². The summed E-state index contributed by atoms with van der Waals surface area (Å²) in [6, 6.07) is 38.9. The maximum absolute atomic E-state index is 2.73. The molecule has 0 atom stereocenters. The van der Waals surface area contributed by atoms with Gasteiger partial charge >= 0.3 is 0 Å². The molecule has 2 heterocycles. The lowest BCUT2D eigenvalue weighted by molar-refractivity contribution is 0.330. The van der Waals surface area contributed by atoms with Gasteiger partial charge in [-0.2, -0.15) is 0 Å². The molecule has 326 valence electrons. The molecule has 0 saturated carbocycles. The topological polar surface area (TPSA) is 6.48 Å². The Hall–Kier alpha value is -5.02. The van der Waals surface area contributed by atoms with Crippen molar-refractivity contribution in [2.75, 3.05) is 9.80 Å². The van der Waals surface area contributed by atoms with Crippen LogP contribution < -0.4 is 26.2 Å². The van der Waals surface area contributed by atoms with Crippen LogP contribution >= 0.6 is 0 Å². The minimum Gasteiger partial charge on any atom is -0.311 e. The first-order valence-corrected chi connectivity index (χ1v) is 24.4. The van der Waals surface area contributed by atoms with E-state index in [1.165, 1.54) is 119 Å². The highest BCUT2D eigenvalue weighted by Crippen LogP contribution is 2.56. The number of hydrogen-bond acceptors (Lipinski definition) is 2. The Kier molecular flexibility index (Phi) is 8.52. The fraction of sp³-hybridized carbons (Fsp3) is 0.410. The molecule has 0 bridgehead atoms. The van der Waals surface area contributed by atoms with Crippen molar-refractivity contribution in [3.8, 4) is 11.1 Å². The Labute approximate surface area is 385 Å². The van der Waals surface area contributed by atoms with Gasteiger partial charge in [0.15, 0.2) is 0 Å². The predicted molar refractivity (Wildman–Crippen MR) is 277 cm³/mol. The van der Waals surface area contributed by atoms with Crippen LogP contribution in [0.5, 0.6) is 0 Å². The van der Waals surface area contributed by atoms with Gasteiger partial charge in [-0.1, -0.05) is 144 Å². The number of rotatable bonds is 3. The highest BCUT2D eigenvalue weighted by molar-refractivity contribution is 7.00. The molecule has 0 spiro atoms. The van der Waals surface area contributed by atoms with Crippen LogP contribution in [0.4, 0.5) is 34.1 Å². The summed E-state index contributed by atoms with van der Waals surface area (Å²) in [6.45, 7) is 36.8. The van der Waals surface area contributed by atoms with E-state index in [2.05, 4.69) is 211 Å². The average Bonchev–Trinajstić information content (AvgIpc) is 3.52. The van der Waals surface area contributed by atoms with Gasteiger partial charge in [0.05, 0.1) is 0 Å². The van der Waals surface area contributed by atoms with Crippen LogP contribution in [-0.4, -0.2) is 6.71 Å². The first-order valence-electron chi connectivity index (χ1n) is 24.4. The standard InChI is InChI=1S/C61H69BN2/c1-36-27-52-55-53(28-36)64(50-32-44-42(29-37(50)2)58(8,9)34-60(44,12)13)51-33-45-43(59(10,11)35-61(45,14)15)31-47(51)62(55)46-30-40(39-19-17-16-18-20-39)21-23-49(46)63(52)48-24-22-41-54(38(48)3)57(6,7)26-25-56(41,4)5/h16-24,27-33H,25-26,34-35H2,1-15H3. The van der Waals surface area contributed by atoms with Gasteiger partial charge in [0, 0.05) is 34.1 Å². The minimum atomic E-state index is 0.0509. The van der Waals surface area contributed by atoms with Gasteiger partial charge in [0.2, 0.25) is 0 Å². The molecular weight excluding hydrogens is 771 g/mol. The zero-order valence-corrected chi connectivity index (χ0v) is 41.5. The smallest absolute Gasteiger partial charge is 0.252 e. The van der Waals surface area contributed by atoms with E-state index in [9.17, 15) is 0 Å². The number of aryl methyl sites for hydroxylation is 2. The lowest BCUT2D eigenvalue weighted by Crippen LogP contribution is -2.61. The second-order valence-corrected chi connectivity index (χ2v) is 24.9. The van der Waals surface area contributed by atoms with E-state index in [-0.39, 0.29) is 39.2 Å². The molecule has 0 fully saturated rings. The summed E-state index contributed by atoms with van der Waals surface area (Å²) in [6.07, 6.45) is 4.68. The van der Waals surface area contributed by atoms with Gasteiger partial charge in [0.1, 0.15) is 0 Å². The van der Waals surface area contributed by atoms with Crippen LogP contribution in [-0.2, 0) is 32.5 Å². The van der Waals surface area contributed by atoms with Crippen LogP contribution in [0.15, 0.2) is 97.1 Å². The highest BCUT2D eigenvalue weighted by Gasteiger charge is 2.50. The molecule has 0 saturated heterocycles. The average molecular weight is 841 g/mol. The zero-order chi connectivity index (χ0) is 45.4. The molecule has 3 heteroatoms. The van der Waals surface area contributed by atoms with Crippen molar-refractivity contribution in [1.82, 2.24) is 0 Å². The molecule has 11 rings (SSSR count). The summed E-state index contributed by atoms with van der Waals surface area (Å²) < 4.78 is 0. The lowest BCUT2D eigenvalue weighted by atomic mass is 9.33. The van der Waals surface area contributed by atoms with Gasteiger partial charge in [-0.25, -0.2) is 0 Å². The summed E-state index contributed by atoms with van der Waals surface area (Å²) in [5, 5.41) is 0. The zero-order valence-electron chi connectivity index (χ0n) is 41.5. The lowest BCUT2D eigenvalue weighted by Gasteiger charge is -2.47. The van der Waals surface area contributed by atoms with E-state index in [0.29, 0.717) is 0 Å². The maximum atomic E-state index is 2.73. The van der Waals surface area contributed by atoms with E-state index in [4.69, 9.17) is 0 Å². The molecule has 0 amide bonds. The van der Waals surface area contributed by atoms with E-state index >= 15 is 0 Å². The van der Waals surface area contributed by atoms with E-state index in [0.717, 1.165) is 12.8 Å². The highest BCUT2D eigenvalue weighted by atomic mass is 15.2. The largest absolute Gasteiger partial charge is 0.311 e. The SMILES string of the molecule is Cc1cc2c3c(c1)N(c1ccc4c(c1C)C(C)(C)CCC4(C)C)c1ccc(-c4ccccc4)cc1B3c1cc3c(cc1N2c1cc2c(cc1C)C(C)(C)CC2(C)C)C(C)(C)CC3(C)C. The first-order chi connectivity index (χ1) is 29.9. The molecule has 0 N–H and O–H groups in total. The second kappa shape index (κ2) is 13.1. The molecule has 5 aliphatic rings.